The molecule has 0 aliphatic carbocycles. The summed E-state index contributed by atoms with van der Waals surface area (Å²) >= 11 is 3.40. The smallest absolute Gasteiger partial charge is 0.162 e. The van der Waals surface area contributed by atoms with E-state index in [0.29, 0.717) is 0 Å². The second kappa shape index (κ2) is 4.67. The fourth-order valence-corrected chi connectivity index (χ4v) is 2.30. The maximum Gasteiger partial charge on any atom is 0.162 e. The number of hydrogen-bond acceptors (Lipinski definition) is 4. The van der Waals surface area contributed by atoms with Crippen molar-refractivity contribution in [2.45, 2.75) is 31.8 Å². The van der Waals surface area contributed by atoms with Crippen molar-refractivity contribution in [2.24, 2.45) is 0 Å². The Labute approximate surface area is 104 Å². The molecule has 1 aliphatic heterocycles. The average molecular weight is 286 g/mol. The fourth-order valence-electron chi connectivity index (χ4n) is 1.91. The summed E-state index contributed by atoms with van der Waals surface area (Å²) in [5, 5.41) is 3.04. The van der Waals surface area contributed by atoms with Gasteiger partial charge in [0.25, 0.3) is 0 Å². The number of ether oxygens (including phenoxy) is 1. The molecule has 1 saturated heterocycles. The molecular weight excluding hydrogens is 270 g/mol. The van der Waals surface area contributed by atoms with E-state index in [1.165, 1.54) is 6.42 Å². The minimum atomic E-state index is -0.329. The Kier molecular flexibility index (Phi) is 3.44. The summed E-state index contributed by atoms with van der Waals surface area (Å²) < 4.78 is 6.70. The molecule has 1 unspecified atom stereocenters. The lowest BCUT2D eigenvalue weighted by molar-refractivity contribution is -0.0759. The van der Waals surface area contributed by atoms with Gasteiger partial charge >= 0.3 is 0 Å². The lowest BCUT2D eigenvalue weighted by Crippen LogP contribution is -2.32. The molecule has 16 heavy (non-hydrogen) atoms. The Hall–Kier alpha value is -0.680. The molecule has 0 amide bonds. The molecule has 4 nitrogen and oxygen atoms in total. The lowest BCUT2D eigenvalue weighted by Gasteiger charge is -2.32. The minimum absolute atomic E-state index is 0.329. The van der Waals surface area contributed by atoms with Crippen LogP contribution >= 0.6 is 15.9 Å². The summed E-state index contributed by atoms with van der Waals surface area (Å²) in [5.74, 6) is 1.57. The number of aromatic nitrogens is 2. The van der Waals surface area contributed by atoms with Gasteiger partial charge in [0.15, 0.2) is 5.82 Å². The van der Waals surface area contributed by atoms with E-state index in [1.54, 1.807) is 6.20 Å². The number of anilines is 1. The maximum atomic E-state index is 5.82. The van der Waals surface area contributed by atoms with Gasteiger partial charge in [-0.05, 0) is 42.1 Å². The molecule has 2 rings (SSSR count). The lowest BCUT2D eigenvalue weighted by atomic mass is 9.95. The Balaban J connectivity index is 2.32. The van der Waals surface area contributed by atoms with Crippen molar-refractivity contribution in [3.8, 4) is 0 Å². The van der Waals surface area contributed by atoms with E-state index in [4.69, 9.17) is 4.74 Å². The first-order chi connectivity index (χ1) is 7.65. The predicted octanol–water partition coefficient (Wildman–Crippen LogP) is 2.70. The number of nitrogens with one attached hydrogen (secondary N) is 1. The monoisotopic (exact) mass is 285 g/mol. The molecule has 1 aromatic rings. The maximum absolute atomic E-state index is 5.82. The molecule has 2 heterocycles. The summed E-state index contributed by atoms with van der Waals surface area (Å²) in [4.78, 5) is 8.85. The number of halogens is 1. The second-order valence-electron chi connectivity index (χ2n) is 4.18. The van der Waals surface area contributed by atoms with Gasteiger partial charge < -0.3 is 10.1 Å². The van der Waals surface area contributed by atoms with E-state index < -0.39 is 0 Å². The Morgan fingerprint density at radius 3 is 2.94 bits per heavy atom. The van der Waals surface area contributed by atoms with Crippen LogP contribution in [0.1, 0.15) is 32.0 Å². The largest absolute Gasteiger partial charge is 0.372 e. The molecule has 0 radical (unpaired) electrons. The third-order valence-corrected chi connectivity index (χ3v) is 3.50. The third kappa shape index (κ3) is 2.20. The average Bonchev–Trinajstić information content (AvgIpc) is 2.30. The van der Waals surface area contributed by atoms with Crippen molar-refractivity contribution in [3.63, 3.8) is 0 Å². The minimum Gasteiger partial charge on any atom is -0.372 e. The van der Waals surface area contributed by atoms with Gasteiger partial charge in [0, 0.05) is 19.9 Å². The molecule has 88 valence electrons. The van der Waals surface area contributed by atoms with Crippen LogP contribution in [-0.4, -0.2) is 23.6 Å². The van der Waals surface area contributed by atoms with Crippen molar-refractivity contribution < 1.29 is 4.74 Å². The molecule has 0 spiro atoms. The first kappa shape index (κ1) is 11.8. The van der Waals surface area contributed by atoms with Crippen molar-refractivity contribution in [1.29, 1.82) is 0 Å². The molecular formula is C11H16BrN3O. The van der Waals surface area contributed by atoms with E-state index in [9.17, 15) is 0 Å². The Morgan fingerprint density at radius 2 is 2.31 bits per heavy atom. The summed E-state index contributed by atoms with van der Waals surface area (Å²) in [7, 11) is 1.85. The number of hydrogen-bond donors (Lipinski definition) is 1. The first-order valence-corrected chi connectivity index (χ1v) is 6.30. The molecule has 1 atom stereocenters. The standard InChI is InChI=1S/C11H16BrN3O/c1-11(5-3-4-6-16-11)10-14-7-8(12)9(13-2)15-10/h7H,3-6H2,1-2H3,(H,13,14,15). The van der Waals surface area contributed by atoms with Crippen molar-refractivity contribution >= 4 is 21.7 Å². The first-order valence-electron chi connectivity index (χ1n) is 5.50. The molecule has 5 heteroatoms. The normalized spacial score (nSPS) is 25.4. The summed E-state index contributed by atoms with van der Waals surface area (Å²) in [6, 6.07) is 0. The second-order valence-corrected chi connectivity index (χ2v) is 5.03. The van der Waals surface area contributed by atoms with Crippen LogP contribution in [0.25, 0.3) is 0 Å². The molecule has 0 aromatic carbocycles. The van der Waals surface area contributed by atoms with Gasteiger partial charge in [-0.1, -0.05) is 0 Å². The van der Waals surface area contributed by atoms with Gasteiger partial charge in [-0.25, -0.2) is 9.97 Å². The van der Waals surface area contributed by atoms with Gasteiger partial charge in [-0.2, -0.15) is 0 Å². The predicted molar refractivity (Wildman–Crippen MR) is 66.4 cm³/mol. The van der Waals surface area contributed by atoms with Crippen LogP contribution in [0.3, 0.4) is 0 Å². The third-order valence-electron chi connectivity index (χ3n) is 2.92. The molecule has 1 aromatic heterocycles. The molecule has 1 N–H and O–H groups in total. The highest BCUT2D eigenvalue weighted by Gasteiger charge is 2.33. The van der Waals surface area contributed by atoms with Gasteiger partial charge in [0.2, 0.25) is 0 Å². The highest BCUT2D eigenvalue weighted by atomic mass is 79.9. The molecule has 0 bridgehead atoms. The van der Waals surface area contributed by atoms with Crippen LogP contribution < -0.4 is 5.32 Å². The zero-order valence-electron chi connectivity index (χ0n) is 9.59. The van der Waals surface area contributed by atoms with Crippen LogP contribution in [0, 0.1) is 0 Å². The fraction of sp³-hybridized carbons (Fsp3) is 0.636. The summed E-state index contributed by atoms with van der Waals surface area (Å²) in [5.41, 5.74) is -0.329. The van der Waals surface area contributed by atoms with Crippen molar-refractivity contribution in [1.82, 2.24) is 9.97 Å². The highest BCUT2D eigenvalue weighted by molar-refractivity contribution is 9.10. The van der Waals surface area contributed by atoms with Crippen molar-refractivity contribution in [3.05, 3.63) is 16.5 Å². The van der Waals surface area contributed by atoms with Gasteiger partial charge in [-0.3, -0.25) is 0 Å². The van der Waals surface area contributed by atoms with Crippen LogP contribution in [-0.2, 0) is 10.3 Å². The van der Waals surface area contributed by atoms with Gasteiger partial charge in [0.1, 0.15) is 11.4 Å². The summed E-state index contributed by atoms with van der Waals surface area (Å²) in [6.45, 7) is 2.86. The highest BCUT2D eigenvalue weighted by Crippen LogP contribution is 2.33. The van der Waals surface area contributed by atoms with Crippen LogP contribution in [0.4, 0.5) is 5.82 Å². The quantitative estimate of drug-likeness (QED) is 0.908. The SMILES string of the molecule is CNc1nc(C2(C)CCCCO2)ncc1Br. The van der Waals surface area contributed by atoms with Gasteiger partial charge in [-0.15, -0.1) is 0 Å². The number of nitrogens with zero attached hydrogens (tertiary/aromatic N) is 2. The molecule has 0 saturated carbocycles. The van der Waals surface area contributed by atoms with Crippen LogP contribution in [0.2, 0.25) is 0 Å². The van der Waals surface area contributed by atoms with Gasteiger partial charge in [0.05, 0.1) is 4.47 Å². The zero-order valence-corrected chi connectivity index (χ0v) is 11.2. The van der Waals surface area contributed by atoms with Crippen LogP contribution in [0.15, 0.2) is 10.7 Å². The van der Waals surface area contributed by atoms with E-state index in [0.717, 1.165) is 35.6 Å². The zero-order chi connectivity index (χ0) is 11.6. The van der Waals surface area contributed by atoms with E-state index in [-0.39, 0.29) is 5.60 Å². The Bertz CT molecular complexity index is 377. The summed E-state index contributed by atoms with van der Waals surface area (Å²) in [6.07, 6.45) is 5.06. The van der Waals surface area contributed by atoms with Crippen molar-refractivity contribution in [2.75, 3.05) is 19.0 Å². The Morgan fingerprint density at radius 1 is 1.50 bits per heavy atom. The van der Waals surface area contributed by atoms with Crippen LogP contribution in [0.5, 0.6) is 0 Å². The topological polar surface area (TPSA) is 47.0 Å². The van der Waals surface area contributed by atoms with E-state index in [1.807, 2.05) is 7.05 Å². The van der Waals surface area contributed by atoms with E-state index >= 15 is 0 Å². The van der Waals surface area contributed by atoms with E-state index in [2.05, 4.69) is 38.1 Å². The molecule has 1 fully saturated rings. The molecule has 1 aliphatic rings. The number of rotatable bonds is 2.